The number of nitrogens with one attached hydrogen (secondary N) is 2. The van der Waals surface area contributed by atoms with Gasteiger partial charge in [-0.15, -0.1) is 0 Å². The number of halogens is 6. The van der Waals surface area contributed by atoms with E-state index in [9.17, 15) is 22.4 Å². The zero-order valence-corrected chi connectivity index (χ0v) is 21.6. The fourth-order valence-electron chi connectivity index (χ4n) is 4.41. The second-order valence-corrected chi connectivity index (χ2v) is 10.2. The number of carbonyl (C=O) groups excluding carboxylic acids is 1. The van der Waals surface area contributed by atoms with E-state index in [4.69, 9.17) is 27.9 Å². The van der Waals surface area contributed by atoms with Crippen LogP contribution in [-0.2, 0) is 19.6 Å². The lowest BCUT2D eigenvalue weighted by molar-refractivity contribution is -0.139. The molecule has 0 saturated carbocycles. The van der Waals surface area contributed by atoms with Crippen LogP contribution in [0.4, 0.5) is 34.9 Å². The van der Waals surface area contributed by atoms with Gasteiger partial charge >= 0.3 is 6.18 Å². The smallest absolute Gasteiger partial charge is 0.419 e. The number of hydrogen-bond donors (Lipinski definition) is 2. The summed E-state index contributed by atoms with van der Waals surface area (Å²) < 4.78 is 61.1. The normalized spacial score (nSPS) is 14.3. The van der Waals surface area contributed by atoms with Crippen molar-refractivity contribution in [3.05, 3.63) is 69.2 Å². The fraction of sp³-hybridized carbons (Fsp3) is 0.240. The van der Waals surface area contributed by atoms with Gasteiger partial charge in [0.1, 0.15) is 17.2 Å². The first-order chi connectivity index (χ1) is 17.7. The quantitative estimate of drug-likeness (QED) is 0.256. The van der Waals surface area contributed by atoms with Crippen LogP contribution in [0.5, 0.6) is 5.75 Å². The minimum Gasteiger partial charge on any atom is -0.486 e. The number of carbonyl (C=O) groups is 1. The van der Waals surface area contributed by atoms with Gasteiger partial charge in [-0.1, -0.05) is 23.2 Å². The number of ether oxygens (including phenoxy) is 1. The van der Waals surface area contributed by atoms with Crippen molar-refractivity contribution in [2.45, 2.75) is 32.0 Å². The van der Waals surface area contributed by atoms with Crippen molar-refractivity contribution in [2.24, 2.45) is 7.05 Å². The molecule has 5 rings (SSSR count). The minimum atomic E-state index is -4.92. The highest BCUT2D eigenvalue weighted by Gasteiger charge is 2.37. The van der Waals surface area contributed by atoms with Crippen LogP contribution in [-0.4, -0.2) is 26.0 Å². The van der Waals surface area contributed by atoms with Gasteiger partial charge < -0.3 is 19.9 Å². The fourth-order valence-corrected chi connectivity index (χ4v) is 4.87. The standard InChI is InChI=1S/C25H19Cl2F4N5O2/c1-24(2)8-13-20-18(34-23(36(20)3)35-19-15(26)9-32-10-16(19)27)7-12(21(13)38-24)22(37)33-11-4-5-17(28)14(6-11)25(29,30)31/h4-7,9-10H,8H2,1-3H3,(H,33,37)(H,32,34,35). The van der Waals surface area contributed by atoms with E-state index in [1.807, 2.05) is 13.8 Å². The number of anilines is 3. The third-order valence-electron chi connectivity index (χ3n) is 6.05. The van der Waals surface area contributed by atoms with E-state index >= 15 is 0 Å². The number of alkyl halides is 3. The first kappa shape index (κ1) is 26.1. The minimum absolute atomic E-state index is 0.0700. The highest BCUT2D eigenvalue weighted by Crippen LogP contribution is 2.44. The first-order valence-electron chi connectivity index (χ1n) is 11.2. The maximum Gasteiger partial charge on any atom is 0.419 e. The van der Waals surface area contributed by atoms with E-state index in [0.29, 0.717) is 46.8 Å². The molecule has 2 aromatic carbocycles. The average molecular weight is 568 g/mol. The van der Waals surface area contributed by atoms with Gasteiger partial charge in [0.05, 0.1) is 37.9 Å². The van der Waals surface area contributed by atoms with E-state index in [0.717, 1.165) is 6.07 Å². The van der Waals surface area contributed by atoms with Gasteiger partial charge in [0.15, 0.2) is 0 Å². The van der Waals surface area contributed by atoms with Gasteiger partial charge in [-0.2, -0.15) is 13.2 Å². The molecule has 0 saturated heterocycles. The molecule has 0 unspecified atom stereocenters. The number of hydrogen-bond acceptors (Lipinski definition) is 5. The van der Waals surface area contributed by atoms with E-state index < -0.39 is 29.1 Å². The van der Waals surface area contributed by atoms with E-state index in [1.165, 1.54) is 18.5 Å². The van der Waals surface area contributed by atoms with Crippen LogP contribution in [0, 0.1) is 5.82 Å². The van der Waals surface area contributed by atoms with Gasteiger partial charge in [-0.3, -0.25) is 9.78 Å². The molecule has 2 N–H and O–H groups in total. The summed E-state index contributed by atoms with van der Waals surface area (Å²) in [6, 6.07) is 3.73. The lowest BCUT2D eigenvalue weighted by Crippen LogP contribution is -2.25. The van der Waals surface area contributed by atoms with Gasteiger partial charge in [0, 0.05) is 37.1 Å². The van der Waals surface area contributed by atoms with E-state index in [-0.39, 0.29) is 27.0 Å². The number of aryl methyl sites for hydroxylation is 1. The van der Waals surface area contributed by atoms with Crippen molar-refractivity contribution in [3.63, 3.8) is 0 Å². The van der Waals surface area contributed by atoms with Crippen molar-refractivity contribution in [2.75, 3.05) is 10.6 Å². The second kappa shape index (κ2) is 9.02. The summed E-state index contributed by atoms with van der Waals surface area (Å²) >= 11 is 12.5. The van der Waals surface area contributed by atoms with Crippen molar-refractivity contribution in [3.8, 4) is 5.75 Å². The molecule has 0 radical (unpaired) electrons. The molecule has 1 aliphatic rings. The summed E-state index contributed by atoms with van der Waals surface area (Å²) in [6.07, 6.45) is -1.64. The highest BCUT2D eigenvalue weighted by atomic mass is 35.5. The molecular formula is C25H19Cl2F4N5O2. The molecule has 198 valence electrons. The number of rotatable bonds is 4. The highest BCUT2D eigenvalue weighted by molar-refractivity contribution is 6.39. The topological polar surface area (TPSA) is 81.1 Å². The average Bonchev–Trinajstić information content (AvgIpc) is 3.31. The Hall–Kier alpha value is -3.57. The number of benzene rings is 2. The van der Waals surface area contributed by atoms with Crippen LogP contribution < -0.4 is 15.4 Å². The summed E-state index contributed by atoms with van der Waals surface area (Å²) in [5.74, 6) is -1.52. The van der Waals surface area contributed by atoms with Gasteiger partial charge in [-0.25, -0.2) is 9.37 Å². The van der Waals surface area contributed by atoms with Gasteiger partial charge in [0.25, 0.3) is 5.91 Å². The molecule has 0 bridgehead atoms. The van der Waals surface area contributed by atoms with Crippen LogP contribution >= 0.6 is 23.2 Å². The summed E-state index contributed by atoms with van der Waals surface area (Å²) in [5.41, 5.74) is -0.0975. The third-order valence-corrected chi connectivity index (χ3v) is 6.63. The molecule has 38 heavy (non-hydrogen) atoms. The SMILES string of the molecule is Cn1c(Nc2c(Cl)cncc2Cl)nc2cc(C(=O)Nc3ccc(F)c(C(F)(F)F)c3)c3c(c21)CC(C)(C)O3. The van der Waals surface area contributed by atoms with Gasteiger partial charge in [-0.05, 0) is 38.1 Å². The van der Waals surface area contributed by atoms with Crippen LogP contribution in [0.2, 0.25) is 10.0 Å². The molecule has 2 aromatic heterocycles. The Kier molecular flexibility index (Phi) is 6.18. The Balaban J connectivity index is 1.59. The summed E-state index contributed by atoms with van der Waals surface area (Å²) in [7, 11) is 1.77. The number of fused-ring (bicyclic) bond motifs is 3. The Labute approximate surface area is 223 Å². The third kappa shape index (κ3) is 4.60. The van der Waals surface area contributed by atoms with E-state index in [2.05, 4.69) is 20.6 Å². The molecular weight excluding hydrogens is 549 g/mol. The van der Waals surface area contributed by atoms with E-state index in [1.54, 1.807) is 11.6 Å². The Morgan fingerprint density at radius 3 is 2.50 bits per heavy atom. The largest absolute Gasteiger partial charge is 0.486 e. The monoisotopic (exact) mass is 567 g/mol. The number of nitrogens with zero attached hydrogens (tertiary/aromatic N) is 3. The lowest BCUT2D eigenvalue weighted by Gasteiger charge is -2.18. The molecule has 0 fully saturated rings. The Bertz CT molecular complexity index is 1600. The number of pyridine rings is 1. The predicted octanol–water partition coefficient (Wildman–Crippen LogP) is 7.14. The molecule has 1 amide bonds. The van der Waals surface area contributed by atoms with Gasteiger partial charge in [0.2, 0.25) is 5.95 Å². The summed E-state index contributed by atoms with van der Waals surface area (Å²) in [6.45, 7) is 3.70. The second-order valence-electron chi connectivity index (χ2n) is 9.38. The van der Waals surface area contributed by atoms with Crippen LogP contribution in [0.25, 0.3) is 11.0 Å². The zero-order valence-electron chi connectivity index (χ0n) is 20.1. The molecule has 4 aromatic rings. The number of imidazole rings is 1. The Morgan fingerprint density at radius 1 is 1.16 bits per heavy atom. The molecule has 0 aliphatic carbocycles. The molecule has 3 heterocycles. The Morgan fingerprint density at radius 2 is 1.84 bits per heavy atom. The van der Waals surface area contributed by atoms with Crippen molar-refractivity contribution in [1.29, 1.82) is 0 Å². The maximum absolute atomic E-state index is 13.7. The van der Waals surface area contributed by atoms with Crippen molar-refractivity contribution < 1.29 is 27.1 Å². The molecule has 0 atom stereocenters. The van der Waals surface area contributed by atoms with Crippen LogP contribution in [0.1, 0.15) is 35.3 Å². The summed E-state index contributed by atoms with van der Waals surface area (Å²) in [4.78, 5) is 21.8. The number of amides is 1. The molecule has 13 heteroatoms. The molecule has 0 spiro atoms. The maximum atomic E-state index is 13.7. The van der Waals surface area contributed by atoms with Crippen molar-refractivity contribution in [1.82, 2.24) is 14.5 Å². The predicted molar refractivity (Wildman–Crippen MR) is 136 cm³/mol. The molecule has 7 nitrogen and oxygen atoms in total. The van der Waals surface area contributed by atoms with Crippen LogP contribution in [0.15, 0.2) is 36.7 Å². The molecule has 1 aliphatic heterocycles. The first-order valence-corrected chi connectivity index (χ1v) is 12.0. The van der Waals surface area contributed by atoms with Crippen LogP contribution in [0.3, 0.4) is 0 Å². The summed E-state index contributed by atoms with van der Waals surface area (Å²) in [5, 5.41) is 6.06. The zero-order chi connectivity index (χ0) is 27.6. The lowest BCUT2D eigenvalue weighted by atomic mass is 9.98. The number of aromatic nitrogens is 3. The van der Waals surface area contributed by atoms with Crippen molar-refractivity contribution >= 4 is 57.5 Å².